The van der Waals surface area contributed by atoms with Gasteiger partial charge in [-0.1, -0.05) is 0 Å². The van der Waals surface area contributed by atoms with Gasteiger partial charge in [0.05, 0.1) is 0 Å². The maximum Gasteiger partial charge on any atom is 0.389 e. The van der Waals surface area contributed by atoms with Crippen molar-refractivity contribution in [3.63, 3.8) is 0 Å². The number of halogens is 3. The van der Waals surface area contributed by atoms with Gasteiger partial charge in [-0.3, -0.25) is 0 Å². The zero-order valence-corrected chi connectivity index (χ0v) is 6.93. The summed E-state index contributed by atoms with van der Waals surface area (Å²) in [4.78, 5) is 2.78. The standard InChI is InChI=1S/C8H11F3N2/c9-8(10,11)4-3-6(12)7-2-1-5-13-7/h1-2,5-6,13H,3-4,12H2/t6-/m0/s1. The predicted octanol–water partition coefficient (Wildman–Crippen LogP) is 2.36. The summed E-state index contributed by atoms with van der Waals surface area (Å²) in [6, 6.07) is 2.83. The Kier molecular flexibility index (Phi) is 2.98. The molecule has 1 heterocycles. The first kappa shape index (κ1) is 10.1. The van der Waals surface area contributed by atoms with E-state index in [1.54, 1.807) is 18.3 Å². The van der Waals surface area contributed by atoms with Gasteiger partial charge < -0.3 is 10.7 Å². The summed E-state index contributed by atoms with van der Waals surface area (Å²) in [5, 5.41) is 0. The van der Waals surface area contributed by atoms with Gasteiger partial charge in [-0.2, -0.15) is 13.2 Å². The van der Waals surface area contributed by atoms with Gasteiger partial charge in [0.25, 0.3) is 0 Å². The molecule has 0 unspecified atom stereocenters. The Labute approximate surface area is 73.9 Å². The third-order valence-corrected chi connectivity index (χ3v) is 1.76. The molecular weight excluding hydrogens is 181 g/mol. The first-order valence-corrected chi connectivity index (χ1v) is 3.94. The number of aromatic amines is 1. The molecule has 0 aromatic carbocycles. The molecule has 1 atom stereocenters. The number of nitrogens with two attached hydrogens (primary N) is 1. The Morgan fingerprint density at radius 1 is 1.46 bits per heavy atom. The highest BCUT2D eigenvalue weighted by atomic mass is 19.4. The second kappa shape index (κ2) is 3.83. The maximum atomic E-state index is 11.8. The highest BCUT2D eigenvalue weighted by Gasteiger charge is 2.27. The molecular formula is C8H11F3N2. The smallest absolute Gasteiger partial charge is 0.364 e. The van der Waals surface area contributed by atoms with Gasteiger partial charge in [-0.25, -0.2) is 0 Å². The van der Waals surface area contributed by atoms with Crippen LogP contribution in [0.15, 0.2) is 18.3 Å². The highest BCUT2D eigenvalue weighted by molar-refractivity contribution is 5.08. The minimum atomic E-state index is -4.12. The van der Waals surface area contributed by atoms with E-state index in [4.69, 9.17) is 5.73 Å². The molecule has 0 saturated heterocycles. The van der Waals surface area contributed by atoms with Crippen LogP contribution < -0.4 is 5.73 Å². The minimum absolute atomic E-state index is 0.0794. The summed E-state index contributed by atoms with van der Waals surface area (Å²) in [5.41, 5.74) is 6.16. The molecule has 1 aromatic rings. The molecule has 0 bridgehead atoms. The van der Waals surface area contributed by atoms with Crippen molar-refractivity contribution in [2.45, 2.75) is 25.1 Å². The largest absolute Gasteiger partial charge is 0.389 e. The van der Waals surface area contributed by atoms with E-state index in [1.165, 1.54) is 0 Å². The Balaban J connectivity index is 2.39. The van der Waals surface area contributed by atoms with Crippen molar-refractivity contribution in [1.29, 1.82) is 0 Å². The highest BCUT2D eigenvalue weighted by Crippen LogP contribution is 2.25. The number of hydrogen-bond donors (Lipinski definition) is 2. The monoisotopic (exact) mass is 192 g/mol. The van der Waals surface area contributed by atoms with E-state index < -0.39 is 18.6 Å². The van der Waals surface area contributed by atoms with Gasteiger partial charge in [0, 0.05) is 24.4 Å². The second-order valence-electron chi connectivity index (χ2n) is 2.89. The number of hydrogen-bond acceptors (Lipinski definition) is 1. The molecule has 1 aromatic heterocycles. The quantitative estimate of drug-likeness (QED) is 0.758. The molecule has 2 nitrogen and oxygen atoms in total. The lowest BCUT2D eigenvalue weighted by Gasteiger charge is -2.11. The Hall–Kier alpha value is -0.970. The number of alkyl halides is 3. The molecule has 13 heavy (non-hydrogen) atoms. The van der Waals surface area contributed by atoms with Gasteiger partial charge in [0.2, 0.25) is 0 Å². The fourth-order valence-corrected chi connectivity index (χ4v) is 1.05. The number of rotatable bonds is 3. The van der Waals surface area contributed by atoms with E-state index in [9.17, 15) is 13.2 Å². The minimum Gasteiger partial charge on any atom is -0.364 e. The van der Waals surface area contributed by atoms with Crippen molar-refractivity contribution in [3.8, 4) is 0 Å². The first-order chi connectivity index (χ1) is 5.99. The van der Waals surface area contributed by atoms with E-state index in [0.717, 1.165) is 0 Å². The van der Waals surface area contributed by atoms with Gasteiger partial charge in [-0.15, -0.1) is 0 Å². The van der Waals surface area contributed by atoms with E-state index in [1.807, 2.05) is 0 Å². The fraction of sp³-hybridized carbons (Fsp3) is 0.500. The molecule has 0 amide bonds. The van der Waals surface area contributed by atoms with E-state index in [2.05, 4.69) is 4.98 Å². The maximum absolute atomic E-state index is 11.8. The van der Waals surface area contributed by atoms with Crippen LogP contribution in [0.25, 0.3) is 0 Å². The fourth-order valence-electron chi connectivity index (χ4n) is 1.05. The topological polar surface area (TPSA) is 41.8 Å². The zero-order valence-electron chi connectivity index (χ0n) is 6.93. The molecule has 1 rings (SSSR count). The summed E-state index contributed by atoms with van der Waals surface area (Å²) in [6.07, 6.45) is -3.40. The second-order valence-corrected chi connectivity index (χ2v) is 2.89. The first-order valence-electron chi connectivity index (χ1n) is 3.94. The van der Waals surface area contributed by atoms with Crippen molar-refractivity contribution in [2.75, 3.05) is 0 Å². The summed E-state index contributed by atoms with van der Waals surface area (Å²) in [6.45, 7) is 0. The molecule has 5 heteroatoms. The van der Waals surface area contributed by atoms with Crippen LogP contribution in [-0.4, -0.2) is 11.2 Å². The lowest BCUT2D eigenvalue weighted by molar-refractivity contribution is -0.136. The molecule has 0 aliphatic rings. The van der Waals surface area contributed by atoms with E-state index in [0.29, 0.717) is 5.69 Å². The summed E-state index contributed by atoms with van der Waals surface area (Å²) in [7, 11) is 0. The lowest BCUT2D eigenvalue weighted by atomic mass is 10.1. The van der Waals surface area contributed by atoms with Crippen molar-refractivity contribution >= 4 is 0 Å². The molecule has 74 valence electrons. The summed E-state index contributed by atoms with van der Waals surface area (Å²) in [5.74, 6) is 0. The van der Waals surface area contributed by atoms with Crippen LogP contribution in [0.5, 0.6) is 0 Å². The van der Waals surface area contributed by atoms with Gasteiger partial charge in [0.15, 0.2) is 0 Å². The molecule has 0 saturated carbocycles. The number of H-pyrrole nitrogens is 1. The average molecular weight is 192 g/mol. The van der Waals surface area contributed by atoms with Crippen LogP contribution in [0.1, 0.15) is 24.6 Å². The van der Waals surface area contributed by atoms with Crippen molar-refractivity contribution in [1.82, 2.24) is 4.98 Å². The number of nitrogens with one attached hydrogen (secondary N) is 1. The van der Waals surface area contributed by atoms with Crippen LogP contribution in [0.3, 0.4) is 0 Å². The Morgan fingerprint density at radius 2 is 2.15 bits per heavy atom. The van der Waals surface area contributed by atoms with Crippen LogP contribution in [-0.2, 0) is 0 Å². The van der Waals surface area contributed by atoms with Crippen LogP contribution in [0, 0.1) is 0 Å². The predicted molar refractivity (Wildman–Crippen MR) is 43.0 cm³/mol. The van der Waals surface area contributed by atoms with Crippen LogP contribution in [0.4, 0.5) is 13.2 Å². The average Bonchev–Trinajstić information content (AvgIpc) is 2.50. The molecule has 0 spiro atoms. The van der Waals surface area contributed by atoms with Crippen molar-refractivity contribution in [2.24, 2.45) is 5.73 Å². The molecule has 0 fully saturated rings. The van der Waals surface area contributed by atoms with Crippen molar-refractivity contribution in [3.05, 3.63) is 24.0 Å². The summed E-state index contributed by atoms with van der Waals surface area (Å²) >= 11 is 0. The van der Waals surface area contributed by atoms with Gasteiger partial charge in [-0.05, 0) is 18.6 Å². The molecule has 3 N–H and O–H groups in total. The SMILES string of the molecule is N[C@@H](CCC(F)(F)F)c1ccc[nH]1. The van der Waals surface area contributed by atoms with Crippen LogP contribution >= 0.6 is 0 Å². The molecule has 0 radical (unpaired) electrons. The van der Waals surface area contributed by atoms with Gasteiger partial charge in [0.1, 0.15) is 0 Å². The van der Waals surface area contributed by atoms with Crippen LogP contribution in [0.2, 0.25) is 0 Å². The summed E-state index contributed by atoms with van der Waals surface area (Å²) < 4.78 is 35.4. The van der Waals surface area contributed by atoms with E-state index >= 15 is 0 Å². The zero-order chi connectivity index (χ0) is 9.90. The Bertz CT molecular complexity index is 240. The number of aromatic nitrogens is 1. The third kappa shape index (κ3) is 3.50. The normalized spacial score (nSPS) is 14.5. The third-order valence-electron chi connectivity index (χ3n) is 1.76. The van der Waals surface area contributed by atoms with Crippen molar-refractivity contribution < 1.29 is 13.2 Å². The lowest BCUT2D eigenvalue weighted by Crippen LogP contribution is -2.15. The molecule has 0 aliphatic carbocycles. The molecule has 0 aliphatic heterocycles. The Morgan fingerprint density at radius 3 is 2.62 bits per heavy atom. The van der Waals surface area contributed by atoms with E-state index in [-0.39, 0.29) is 6.42 Å². The van der Waals surface area contributed by atoms with Gasteiger partial charge >= 0.3 is 6.18 Å².